The number of carbonyl (C=O) groups is 2. The largest absolute Gasteiger partial charge is 0.376 e. The molecule has 98 valence electrons. The Balaban J connectivity index is 2.65. The van der Waals surface area contributed by atoms with Crippen molar-refractivity contribution in [2.75, 3.05) is 32.5 Å². The molecule has 2 amide bonds. The number of hydrogen-bond acceptors (Lipinski definition) is 3. The fraction of sp³-hybridized carbons (Fsp3) is 0.385. The van der Waals surface area contributed by atoms with Crippen LogP contribution in [0.4, 0.5) is 5.69 Å². The van der Waals surface area contributed by atoms with Crippen LogP contribution in [0.15, 0.2) is 24.3 Å². The lowest BCUT2D eigenvalue weighted by molar-refractivity contribution is -0.119. The van der Waals surface area contributed by atoms with Crippen LogP contribution in [0.1, 0.15) is 17.3 Å². The Bertz CT molecular complexity index is 430. The van der Waals surface area contributed by atoms with Gasteiger partial charge in [-0.2, -0.15) is 0 Å². The van der Waals surface area contributed by atoms with Gasteiger partial charge in [-0.3, -0.25) is 9.59 Å². The number of benzene rings is 1. The van der Waals surface area contributed by atoms with Gasteiger partial charge in [0.1, 0.15) is 0 Å². The van der Waals surface area contributed by atoms with Gasteiger partial charge < -0.3 is 15.5 Å². The van der Waals surface area contributed by atoms with Crippen molar-refractivity contribution >= 4 is 17.5 Å². The lowest BCUT2D eigenvalue weighted by atomic mass is 10.2. The monoisotopic (exact) mass is 249 g/mol. The van der Waals surface area contributed by atoms with E-state index in [1.54, 1.807) is 32.3 Å². The first kappa shape index (κ1) is 14.0. The Hall–Kier alpha value is -2.04. The van der Waals surface area contributed by atoms with Crippen LogP contribution < -0.4 is 10.6 Å². The normalized spacial score (nSPS) is 9.72. The highest BCUT2D eigenvalue weighted by Gasteiger charge is 2.08. The molecule has 0 heterocycles. The Morgan fingerprint density at radius 1 is 1.28 bits per heavy atom. The van der Waals surface area contributed by atoms with Gasteiger partial charge in [0.25, 0.3) is 5.91 Å². The van der Waals surface area contributed by atoms with Gasteiger partial charge in [0.15, 0.2) is 0 Å². The van der Waals surface area contributed by atoms with E-state index in [4.69, 9.17) is 0 Å². The second-order valence-electron chi connectivity index (χ2n) is 4.09. The van der Waals surface area contributed by atoms with Gasteiger partial charge in [-0.1, -0.05) is 6.07 Å². The van der Waals surface area contributed by atoms with E-state index in [-0.39, 0.29) is 18.4 Å². The van der Waals surface area contributed by atoms with Crippen LogP contribution in [0.25, 0.3) is 0 Å². The molecule has 0 bridgehead atoms. The topological polar surface area (TPSA) is 61.4 Å². The predicted octanol–water partition coefficient (Wildman–Crippen LogP) is 0.936. The van der Waals surface area contributed by atoms with Crippen LogP contribution in [0.3, 0.4) is 0 Å². The molecular formula is C13H19N3O2. The number of anilines is 1. The zero-order valence-electron chi connectivity index (χ0n) is 11.0. The summed E-state index contributed by atoms with van der Waals surface area (Å²) >= 11 is 0. The summed E-state index contributed by atoms with van der Waals surface area (Å²) in [5.41, 5.74) is 1.36. The minimum absolute atomic E-state index is 0.0586. The van der Waals surface area contributed by atoms with Crippen LogP contribution >= 0.6 is 0 Å². The van der Waals surface area contributed by atoms with E-state index in [9.17, 15) is 9.59 Å². The zero-order chi connectivity index (χ0) is 13.5. The lowest BCUT2D eigenvalue weighted by Gasteiger charge is -2.12. The van der Waals surface area contributed by atoms with Crippen molar-refractivity contribution in [3.63, 3.8) is 0 Å². The van der Waals surface area contributed by atoms with E-state index in [0.717, 1.165) is 5.69 Å². The molecule has 5 nitrogen and oxygen atoms in total. The summed E-state index contributed by atoms with van der Waals surface area (Å²) in [6.07, 6.45) is 0. The minimum Gasteiger partial charge on any atom is -0.376 e. The van der Waals surface area contributed by atoms with E-state index in [1.165, 1.54) is 4.90 Å². The summed E-state index contributed by atoms with van der Waals surface area (Å²) in [4.78, 5) is 24.6. The maximum atomic E-state index is 11.8. The number of nitrogens with one attached hydrogen (secondary N) is 2. The summed E-state index contributed by atoms with van der Waals surface area (Å²) in [5, 5.41) is 5.68. The number of amides is 2. The molecule has 1 aromatic rings. The molecule has 0 aliphatic heterocycles. The van der Waals surface area contributed by atoms with E-state index < -0.39 is 0 Å². The highest BCUT2D eigenvalue weighted by molar-refractivity contribution is 5.94. The minimum atomic E-state index is -0.0677. The second-order valence-corrected chi connectivity index (χ2v) is 4.09. The summed E-state index contributed by atoms with van der Waals surface area (Å²) in [6, 6.07) is 7.10. The second kappa shape index (κ2) is 6.64. The van der Waals surface area contributed by atoms with Crippen LogP contribution in [0.5, 0.6) is 0 Å². The lowest BCUT2D eigenvalue weighted by Crippen LogP contribution is -2.29. The molecule has 0 saturated carbocycles. The third kappa shape index (κ3) is 4.08. The van der Waals surface area contributed by atoms with Crippen molar-refractivity contribution < 1.29 is 9.59 Å². The number of nitrogens with zero attached hydrogens (tertiary/aromatic N) is 1. The van der Waals surface area contributed by atoms with Crippen molar-refractivity contribution in [3.05, 3.63) is 29.8 Å². The number of rotatable bonds is 5. The van der Waals surface area contributed by atoms with Crippen molar-refractivity contribution in [1.29, 1.82) is 0 Å². The number of carbonyl (C=O) groups excluding carboxylic acids is 2. The predicted molar refractivity (Wildman–Crippen MR) is 71.6 cm³/mol. The fourth-order valence-corrected chi connectivity index (χ4v) is 1.46. The van der Waals surface area contributed by atoms with Crippen LogP contribution in [-0.4, -0.2) is 43.9 Å². The molecule has 0 aliphatic rings. The van der Waals surface area contributed by atoms with Gasteiger partial charge in [-0.05, 0) is 25.1 Å². The molecule has 1 aromatic carbocycles. The van der Waals surface area contributed by atoms with E-state index >= 15 is 0 Å². The molecule has 0 aliphatic carbocycles. The van der Waals surface area contributed by atoms with Crippen molar-refractivity contribution in [1.82, 2.24) is 10.2 Å². The van der Waals surface area contributed by atoms with E-state index in [2.05, 4.69) is 10.6 Å². The Morgan fingerprint density at radius 2 is 2.00 bits per heavy atom. The first-order valence-electron chi connectivity index (χ1n) is 5.87. The van der Waals surface area contributed by atoms with Crippen LogP contribution in [0.2, 0.25) is 0 Å². The third-order valence-electron chi connectivity index (χ3n) is 2.34. The van der Waals surface area contributed by atoms with E-state index in [1.807, 2.05) is 13.0 Å². The molecule has 0 radical (unpaired) electrons. The summed E-state index contributed by atoms with van der Waals surface area (Å²) in [6.45, 7) is 2.68. The van der Waals surface area contributed by atoms with Crippen molar-refractivity contribution in [3.8, 4) is 0 Å². The number of likely N-dealkylation sites (N-methyl/N-ethyl adjacent to an activating group) is 1. The maximum absolute atomic E-state index is 11.8. The molecular weight excluding hydrogens is 230 g/mol. The Kier molecular flexibility index (Phi) is 5.17. The molecule has 2 N–H and O–H groups in total. The van der Waals surface area contributed by atoms with Crippen LogP contribution in [0, 0.1) is 0 Å². The van der Waals surface area contributed by atoms with Gasteiger partial charge >= 0.3 is 0 Å². The summed E-state index contributed by atoms with van der Waals surface area (Å²) in [5.74, 6) is -0.126. The standard InChI is InChI=1S/C13H19N3O2/c1-4-14-12(17)9-15-11-7-5-6-10(8-11)13(18)16(2)3/h5-8,15H,4,9H2,1-3H3,(H,14,17). The maximum Gasteiger partial charge on any atom is 0.253 e. The molecule has 0 aromatic heterocycles. The zero-order valence-corrected chi connectivity index (χ0v) is 11.0. The van der Waals surface area contributed by atoms with Gasteiger partial charge in [0.05, 0.1) is 6.54 Å². The molecule has 0 spiro atoms. The highest BCUT2D eigenvalue weighted by Crippen LogP contribution is 2.11. The summed E-state index contributed by atoms with van der Waals surface area (Å²) in [7, 11) is 3.41. The summed E-state index contributed by atoms with van der Waals surface area (Å²) < 4.78 is 0. The Labute approximate surface area is 107 Å². The fourth-order valence-electron chi connectivity index (χ4n) is 1.46. The molecule has 0 fully saturated rings. The number of hydrogen-bond donors (Lipinski definition) is 2. The van der Waals surface area contributed by atoms with Gasteiger partial charge in [-0.25, -0.2) is 0 Å². The van der Waals surface area contributed by atoms with Crippen molar-refractivity contribution in [2.45, 2.75) is 6.92 Å². The molecule has 5 heteroatoms. The smallest absolute Gasteiger partial charge is 0.253 e. The molecule has 1 rings (SSSR count). The average molecular weight is 249 g/mol. The average Bonchev–Trinajstić information content (AvgIpc) is 2.36. The first-order valence-corrected chi connectivity index (χ1v) is 5.87. The molecule has 0 atom stereocenters. The molecule has 0 unspecified atom stereocenters. The van der Waals surface area contributed by atoms with Crippen LogP contribution in [-0.2, 0) is 4.79 Å². The quantitative estimate of drug-likeness (QED) is 0.816. The Morgan fingerprint density at radius 3 is 2.61 bits per heavy atom. The highest BCUT2D eigenvalue weighted by atomic mass is 16.2. The van der Waals surface area contributed by atoms with Gasteiger partial charge in [-0.15, -0.1) is 0 Å². The SMILES string of the molecule is CCNC(=O)CNc1cccc(C(=O)N(C)C)c1. The van der Waals surface area contributed by atoms with Crippen molar-refractivity contribution in [2.24, 2.45) is 0 Å². The first-order chi connectivity index (χ1) is 8.54. The third-order valence-corrected chi connectivity index (χ3v) is 2.34. The van der Waals surface area contributed by atoms with E-state index in [0.29, 0.717) is 12.1 Å². The molecule has 18 heavy (non-hydrogen) atoms. The molecule has 0 saturated heterocycles. The van der Waals surface area contributed by atoms with Gasteiger partial charge in [0, 0.05) is 31.9 Å². The van der Waals surface area contributed by atoms with Gasteiger partial charge in [0.2, 0.25) is 5.91 Å².